The third-order valence-corrected chi connectivity index (χ3v) is 6.34. The Balaban J connectivity index is 2.49. The highest BCUT2D eigenvalue weighted by Crippen LogP contribution is 2.26. The van der Waals surface area contributed by atoms with Crippen LogP contribution >= 0.6 is 11.8 Å². The Morgan fingerprint density at radius 3 is 2.59 bits per heavy atom. The van der Waals surface area contributed by atoms with Crippen molar-refractivity contribution in [1.29, 1.82) is 0 Å². The summed E-state index contributed by atoms with van der Waals surface area (Å²) in [6.07, 6.45) is 9.01. The second-order valence-electron chi connectivity index (χ2n) is 7.53. The number of nitrogens with one attached hydrogen (secondary N) is 3. The number of terminal acetylenes is 1. The summed E-state index contributed by atoms with van der Waals surface area (Å²) >= 11 is 1.43. The first kappa shape index (κ1) is 29.6. The first-order chi connectivity index (χ1) is 16.4. The molecule has 0 radical (unpaired) electrons. The van der Waals surface area contributed by atoms with Crippen molar-refractivity contribution in [2.45, 2.75) is 24.0 Å². The first-order valence-corrected chi connectivity index (χ1v) is 12.0. The van der Waals surface area contributed by atoms with E-state index < -0.39 is 5.25 Å². The quantitative estimate of drug-likeness (QED) is 0.115. The zero-order chi connectivity index (χ0) is 25.2. The van der Waals surface area contributed by atoms with E-state index in [0.29, 0.717) is 57.3 Å². The van der Waals surface area contributed by atoms with Gasteiger partial charge in [0.15, 0.2) is 0 Å². The molecule has 3 amide bonds. The van der Waals surface area contributed by atoms with Gasteiger partial charge in [-0.3, -0.25) is 4.79 Å². The van der Waals surface area contributed by atoms with Gasteiger partial charge in [0.2, 0.25) is 5.91 Å². The highest BCUT2D eigenvalue weighted by atomic mass is 32.2. The summed E-state index contributed by atoms with van der Waals surface area (Å²) in [5, 5.41) is 7.98. The largest absolute Gasteiger partial charge is 0.497 e. The molecule has 1 aliphatic heterocycles. The van der Waals surface area contributed by atoms with Crippen molar-refractivity contribution in [2.75, 3.05) is 59.8 Å². The topological polar surface area (TPSA) is 107 Å². The number of carbonyl (C=O) groups excluding carboxylic acids is 2. The van der Waals surface area contributed by atoms with E-state index in [4.69, 9.17) is 25.4 Å². The minimum Gasteiger partial charge on any atom is -0.497 e. The molecule has 0 spiro atoms. The van der Waals surface area contributed by atoms with E-state index in [1.54, 1.807) is 12.2 Å². The highest BCUT2D eigenvalue weighted by Gasteiger charge is 2.30. The van der Waals surface area contributed by atoms with E-state index in [2.05, 4.69) is 35.0 Å². The molecular formula is C24H37N3O6S. The molecular weight excluding hydrogens is 458 g/mol. The second-order valence-corrected chi connectivity index (χ2v) is 8.88. The summed E-state index contributed by atoms with van der Waals surface area (Å²) in [6, 6.07) is -0.230. The van der Waals surface area contributed by atoms with Gasteiger partial charge in [0.1, 0.15) is 12.4 Å². The Morgan fingerprint density at radius 2 is 1.91 bits per heavy atom. The number of thioether (sulfide) groups is 1. The van der Waals surface area contributed by atoms with E-state index in [1.807, 2.05) is 6.92 Å². The van der Waals surface area contributed by atoms with Crippen molar-refractivity contribution in [1.82, 2.24) is 16.0 Å². The zero-order valence-corrected chi connectivity index (χ0v) is 20.9. The van der Waals surface area contributed by atoms with Crippen molar-refractivity contribution in [2.24, 2.45) is 5.92 Å². The maximum atomic E-state index is 12.9. The van der Waals surface area contributed by atoms with E-state index in [0.717, 1.165) is 0 Å². The average Bonchev–Trinajstić information content (AvgIpc) is 2.83. The fourth-order valence-electron chi connectivity index (χ4n) is 2.70. The molecule has 1 saturated heterocycles. The van der Waals surface area contributed by atoms with Crippen LogP contribution in [0.1, 0.15) is 13.3 Å². The number of hydrogen-bond donors (Lipinski definition) is 3. The van der Waals surface area contributed by atoms with Gasteiger partial charge in [-0.15, -0.1) is 18.2 Å². The molecule has 0 saturated carbocycles. The van der Waals surface area contributed by atoms with E-state index >= 15 is 0 Å². The summed E-state index contributed by atoms with van der Waals surface area (Å²) in [5.74, 6) is 2.91. The molecule has 10 heteroatoms. The van der Waals surface area contributed by atoms with Gasteiger partial charge in [-0.1, -0.05) is 32.1 Å². The van der Waals surface area contributed by atoms with Gasteiger partial charge in [0.05, 0.1) is 44.2 Å². The fraction of sp³-hybridized carbons (Fsp3) is 0.583. The van der Waals surface area contributed by atoms with Gasteiger partial charge in [0.25, 0.3) is 0 Å². The Morgan fingerprint density at radius 1 is 1.24 bits per heavy atom. The average molecular weight is 496 g/mol. The van der Waals surface area contributed by atoms with Crippen molar-refractivity contribution in [3.05, 3.63) is 36.6 Å². The van der Waals surface area contributed by atoms with Gasteiger partial charge in [-0.25, -0.2) is 4.79 Å². The summed E-state index contributed by atoms with van der Waals surface area (Å²) in [5.41, 5.74) is 0.707. The maximum Gasteiger partial charge on any atom is 0.315 e. The zero-order valence-electron chi connectivity index (χ0n) is 20.1. The van der Waals surface area contributed by atoms with E-state index in [-0.39, 0.29) is 36.4 Å². The maximum absolute atomic E-state index is 12.9. The number of hydrogen-bond acceptors (Lipinski definition) is 7. The number of carbonyl (C=O) groups is 2. The molecule has 34 heavy (non-hydrogen) atoms. The molecule has 0 aliphatic carbocycles. The lowest BCUT2D eigenvalue weighted by molar-refractivity contribution is -0.120. The molecule has 0 bridgehead atoms. The minimum absolute atomic E-state index is 0.143. The molecule has 3 unspecified atom stereocenters. The molecule has 0 aromatic rings. The Kier molecular flexibility index (Phi) is 15.6. The molecule has 1 heterocycles. The van der Waals surface area contributed by atoms with Crippen molar-refractivity contribution in [3.63, 3.8) is 0 Å². The predicted molar refractivity (Wildman–Crippen MR) is 134 cm³/mol. The lowest BCUT2D eigenvalue weighted by atomic mass is 10.1. The van der Waals surface area contributed by atoms with Crippen molar-refractivity contribution < 1.29 is 28.5 Å². The standard InChI is InChI=1S/C24H37N3O6S/c1-6-10-31-12-14-33-15-13-32-11-9-21(34-23-19(3)17-26-24(29)27-23)22(28)25-16-18(2)7-8-20(4)30-5/h1,7-8,19,21,23H,2,4,9-17H2,3,5H3,(H,25,28)(H2,26,27,29)/b8-7-. The van der Waals surface area contributed by atoms with Crippen LogP contribution in [-0.4, -0.2) is 82.4 Å². The Labute approximate surface area is 207 Å². The Bertz CT molecular complexity index is 737. The Hall–Kier alpha value is -2.45. The van der Waals surface area contributed by atoms with E-state index in [9.17, 15) is 9.59 Å². The van der Waals surface area contributed by atoms with Gasteiger partial charge in [-0.05, 0) is 18.1 Å². The summed E-state index contributed by atoms with van der Waals surface area (Å²) in [6.45, 7) is 12.8. The third kappa shape index (κ3) is 13.3. The van der Waals surface area contributed by atoms with Crippen LogP contribution in [-0.2, 0) is 23.7 Å². The fourth-order valence-corrected chi connectivity index (χ4v) is 4.04. The summed E-state index contributed by atoms with van der Waals surface area (Å²) < 4.78 is 21.1. The van der Waals surface area contributed by atoms with Crippen molar-refractivity contribution >= 4 is 23.7 Å². The molecule has 3 N–H and O–H groups in total. The number of allylic oxidation sites excluding steroid dienone is 1. The van der Waals surface area contributed by atoms with Gasteiger partial charge in [-0.2, -0.15) is 0 Å². The molecule has 9 nitrogen and oxygen atoms in total. The highest BCUT2D eigenvalue weighted by molar-refractivity contribution is 8.01. The van der Waals surface area contributed by atoms with Gasteiger partial charge < -0.3 is 34.9 Å². The number of rotatable bonds is 18. The molecule has 1 rings (SSSR count). The molecule has 1 fully saturated rings. The summed E-state index contributed by atoms with van der Waals surface area (Å²) in [7, 11) is 1.53. The number of amides is 3. The normalized spacial score (nSPS) is 18.4. The predicted octanol–water partition coefficient (Wildman–Crippen LogP) is 1.83. The van der Waals surface area contributed by atoms with Crippen LogP contribution in [0.15, 0.2) is 36.6 Å². The SMILES string of the molecule is C#CCOCCOCCOCCC(SC1NC(=O)NCC1C)C(=O)NCC(=C)/C=C\C(=C)OC. The molecule has 0 aromatic carbocycles. The summed E-state index contributed by atoms with van der Waals surface area (Å²) in [4.78, 5) is 24.7. The first-order valence-electron chi connectivity index (χ1n) is 11.1. The number of ether oxygens (including phenoxy) is 4. The van der Waals surface area contributed by atoms with Crippen LogP contribution in [0.2, 0.25) is 0 Å². The number of urea groups is 1. The molecule has 3 atom stereocenters. The lowest BCUT2D eigenvalue weighted by Gasteiger charge is -2.32. The van der Waals surface area contributed by atoms with Crippen LogP contribution in [0, 0.1) is 18.3 Å². The van der Waals surface area contributed by atoms with Gasteiger partial charge >= 0.3 is 6.03 Å². The number of methoxy groups -OCH3 is 1. The van der Waals surface area contributed by atoms with Crippen LogP contribution in [0.4, 0.5) is 4.79 Å². The van der Waals surface area contributed by atoms with Crippen LogP contribution in [0.25, 0.3) is 0 Å². The molecule has 1 aliphatic rings. The van der Waals surface area contributed by atoms with E-state index in [1.165, 1.54) is 18.9 Å². The van der Waals surface area contributed by atoms with Crippen LogP contribution < -0.4 is 16.0 Å². The van der Waals surface area contributed by atoms with Crippen LogP contribution in [0.3, 0.4) is 0 Å². The molecule has 190 valence electrons. The van der Waals surface area contributed by atoms with Crippen LogP contribution in [0.5, 0.6) is 0 Å². The second kappa shape index (κ2) is 18.0. The van der Waals surface area contributed by atoms with Crippen molar-refractivity contribution in [3.8, 4) is 12.3 Å². The smallest absolute Gasteiger partial charge is 0.315 e. The third-order valence-electron chi connectivity index (χ3n) is 4.69. The minimum atomic E-state index is -0.408. The van der Waals surface area contributed by atoms with Gasteiger partial charge in [0, 0.05) is 25.6 Å². The lowest BCUT2D eigenvalue weighted by Crippen LogP contribution is -2.53. The molecule has 0 aromatic heterocycles. The monoisotopic (exact) mass is 495 g/mol.